The number of benzene rings is 1. The first-order chi connectivity index (χ1) is 17.3. The molecule has 186 valence electrons. The van der Waals surface area contributed by atoms with Crippen LogP contribution in [-0.4, -0.2) is 51.7 Å². The number of hydrogen-bond donors (Lipinski definition) is 0. The Morgan fingerprint density at radius 1 is 1.17 bits per heavy atom. The molecule has 9 nitrogen and oxygen atoms in total. The molecule has 36 heavy (non-hydrogen) atoms. The van der Waals surface area contributed by atoms with Crippen molar-refractivity contribution in [3.05, 3.63) is 99.3 Å². The molecule has 9 heteroatoms. The van der Waals surface area contributed by atoms with Crippen LogP contribution in [0.5, 0.6) is 0 Å². The lowest BCUT2D eigenvalue weighted by atomic mass is 9.89. The Bertz CT molecular complexity index is 1280. The van der Waals surface area contributed by atoms with Crippen molar-refractivity contribution < 1.29 is 18.9 Å². The SMILES string of the molecule is Cc1ccc(C(=O)N(C)Cc2ccco2)c(C2CCN(C(=O)/C=C/c3ccccc3[N+](=O)[O-])CC2)n1. The van der Waals surface area contributed by atoms with E-state index in [-0.39, 0.29) is 23.4 Å². The minimum atomic E-state index is -0.463. The Morgan fingerprint density at radius 3 is 2.61 bits per heavy atom. The molecular weight excluding hydrogens is 460 g/mol. The number of nitro benzene ring substituents is 1. The van der Waals surface area contributed by atoms with Gasteiger partial charge in [-0.2, -0.15) is 0 Å². The van der Waals surface area contributed by atoms with E-state index in [0.29, 0.717) is 49.4 Å². The third kappa shape index (κ3) is 5.68. The normalized spacial score (nSPS) is 14.2. The Balaban J connectivity index is 1.43. The van der Waals surface area contributed by atoms with Gasteiger partial charge in [0, 0.05) is 43.9 Å². The summed E-state index contributed by atoms with van der Waals surface area (Å²) in [6, 6.07) is 13.6. The molecule has 0 atom stereocenters. The number of aryl methyl sites for hydroxylation is 1. The number of nitro groups is 1. The zero-order valence-electron chi connectivity index (χ0n) is 20.3. The van der Waals surface area contributed by atoms with Gasteiger partial charge in [-0.15, -0.1) is 0 Å². The fourth-order valence-corrected chi connectivity index (χ4v) is 4.42. The van der Waals surface area contributed by atoms with Crippen LogP contribution >= 0.6 is 0 Å². The van der Waals surface area contributed by atoms with E-state index < -0.39 is 4.92 Å². The van der Waals surface area contributed by atoms with E-state index in [1.165, 1.54) is 18.2 Å². The highest BCUT2D eigenvalue weighted by molar-refractivity contribution is 5.95. The Morgan fingerprint density at radius 2 is 1.92 bits per heavy atom. The number of nitrogens with zero attached hydrogens (tertiary/aromatic N) is 4. The minimum Gasteiger partial charge on any atom is -0.467 e. The van der Waals surface area contributed by atoms with Crippen molar-refractivity contribution in [3.63, 3.8) is 0 Å². The van der Waals surface area contributed by atoms with E-state index in [1.54, 1.807) is 47.4 Å². The molecule has 0 N–H and O–H groups in total. The third-order valence-corrected chi connectivity index (χ3v) is 6.35. The molecule has 3 aromatic rings. The molecule has 0 aliphatic carbocycles. The van der Waals surface area contributed by atoms with Crippen LogP contribution in [0.4, 0.5) is 5.69 Å². The fourth-order valence-electron chi connectivity index (χ4n) is 4.42. The van der Waals surface area contributed by atoms with Gasteiger partial charge in [0.15, 0.2) is 0 Å². The van der Waals surface area contributed by atoms with Crippen LogP contribution < -0.4 is 0 Å². The molecular formula is C27H28N4O5. The van der Waals surface area contributed by atoms with Crippen LogP contribution in [0.2, 0.25) is 0 Å². The first kappa shape index (κ1) is 24.8. The molecule has 1 aliphatic heterocycles. The van der Waals surface area contributed by atoms with Gasteiger partial charge < -0.3 is 14.2 Å². The molecule has 1 aliphatic rings. The van der Waals surface area contributed by atoms with Crippen molar-refractivity contribution in [2.24, 2.45) is 0 Å². The number of carbonyl (C=O) groups is 2. The highest BCUT2D eigenvalue weighted by Crippen LogP contribution is 2.30. The van der Waals surface area contributed by atoms with Gasteiger partial charge >= 0.3 is 0 Å². The number of piperidine rings is 1. The summed E-state index contributed by atoms with van der Waals surface area (Å²) in [4.78, 5) is 44.8. The van der Waals surface area contributed by atoms with Gasteiger partial charge in [-0.25, -0.2) is 0 Å². The van der Waals surface area contributed by atoms with Crippen molar-refractivity contribution in [3.8, 4) is 0 Å². The number of para-hydroxylation sites is 1. The van der Waals surface area contributed by atoms with Crippen LogP contribution in [0.25, 0.3) is 6.08 Å². The van der Waals surface area contributed by atoms with Crippen LogP contribution in [0.15, 0.2) is 65.3 Å². The molecule has 3 heterocycles. The molecule has 1 saturated heterocycles. The number of furan rings is 1. The predicted octanol–water partition coefficient (Wildman–Crippen LogP) is 4.58. The monoisotopic (exact) mass is 488 g/mol. The Labute approximate surface area is 209 Å². The number of amides is 2. The van der Waals surface area contributed by atoms with E-state index >= 15 is 0 Å². The number of hydrogen-bond acceptors (Lipinski definition) is 6. The van der Waals surface area contributed by atoms with E-state index in [0.717, 1.165) is 11.4 Å². The molecule has 0 unspecified atom stereocenters. The van der Waals surface area contributed by atoms with Crippen LogP contribution in [0, 0.1) is 17.0 Å². The lowest BCUT2D eigenvalue weighted by Gasteiger charge is -2.32. The van der Waals surface area contributed by atoms with Crippen molar-refractivity contribution in [1.29, 1.82) is 0 Å². The molecule has 0 bridgehead atoms. The highest BCUT2D eigenvalue weighted by atomic mass is 16.6. The lowest BCUT2D eigenvalue weighted by molar-refractivity contribution is -0.385. The summed E-state index contributed by atoms with van der Waals surface area (Å²) in [6.07, 6.45) is 5.79. The molecule has 2 aromatic heterocycles. The molecule has 0 spiro atoms. The predicted molar refractivity (Wildman–Crippen MR) is 134 cm³/mol. The van der Waals surface area contributed by atoms with E-state index in [9.17, 15) is 19.7 Å². The quantitative estimate of drug-likeness (QED) is 0.273. The Kier molecular flexibility index (Phi) is 7.58. The van der Waals surface area contributed by atoms with Crippen molar-refractivity contribution in [1.82, 2.24) is 14.8 Å². The second-order valence-corrected chi connectivity index (χ2v) is 8.87. The maximum atomic E-state index is 13.2. The van der Waals surface area contributed by atoms with Crippen LogP contribution in [0.1, 0.15) is 51.8 Å². The van der Waals surface area contributed by atoms with Gasteiger partial charge in [0.2, 0.25) is 5.91 Å². The average molecular weight is 489 g/mol. The molecule has 2 amide bonds. The van der Waals surface area contributed by atoms with Crippen molar-refractivity contribution >= 4 is 23.6 Å². The molecule has 1 aromatic carbocycles. The Hall–Kier alpha value is -4.27. The van der Waals surface area contributed by atoms with Crippen LogP contribution in [0.3, 0.4) is 0 Å². The lowest BCUT2D eigenvalue weighted by Crippen LogP contribution is -2.37. The van der Waals surface area contributed by atoms with E-state index in [1.807, 2.05) is 25.1 Å². The van der Waals surface area contributed by atoms with Gasteiger partial charge in [-0.3, -0.25) is 24.7 Å². The summed E-state index contributed by atoms with van der Waals surface area (Å²) in [5.41, 5.74) is 2.50. The molecule has 0 saturated carbocycles. The van der Waals surface area contributed by atoms with E-state index in [4.69, 9.17) is 9.40 Å². The molecule has 4 rings (SSSR count). The van der Waals surface area contributed by atoms with Gasteiger partial charge in [0.1, 0.15) is 5.76 Å². The standard InChI is InChI=1S/C27H28N4O5/c1-19-9-11-23(27(33)29(2)18-22-7-5-17-36-22)26(28-19)21-13-15-30(16-14-21)25(32)12-10-20-6-3-4-8-24(20)31(34)35/h3-12,17,21H,13-16,18H2,1-2H3/b12-10+. The third-order valence-electron chi connectivity index (χ3n) is 6.35. The average Bonchev–Trinajstić information content (AvgIpc) is 3.40. The van der Waals surface area contributed by atoms with Gasteiger partial charge in [0.05, 0.1) is 34.6 Å². The zero-order chi connectivity index (χ0) is 25.7. The summed E-state index contributed by atoms with van der Waals surface area (Å²) in [7, 11) is 1.74. The van der Waals surface area contributed by atoms with Gasteiger partial charge in [-0.05, 0) is 56.2 Å². The number of rotatable bonds is 7. The summed E-state index contributed by atoms with van der Waals surface area (Å²) < 4.78 is 5.37. The highest BCUT2D eigenvalue weighted by Gasteiger charge is 2.28. The van der Waals surface area contributed by atoms with E-state index in [2.05, 4.69) is 0 Å². The van der Waals surface area contributed by atoms with Crippen LogP contribution in [-0.2, 0) is 11.3 Å². The number of aromatic nitrogens is 1. The fraction of sp³-hybridized carbons (Fsp3) is 0.296. The summed E-state index contributed by atoms with van der Waals surface area (Å²) in [5.74, 6) is 0.426. The summed E-state index contributed by atoms with van der Waals surface area (Å²) in [5, 5.41) is 11.2. The smallest absolute Gasteiger partial charge is 0.276 e. The second kappa shape index (κ2) is 11.0. The van der Waals surface area contributed by atoms with Crippen molar-refractivity contribution in [2.75, 3.05) is 20.1 Å². The maximum Gasteiger partial charge on any atom is 0.276 e. The number of pyridine rings is 1. The largest absolute Gasteiger partial charge is 0.467 e. The first-order valence-electron chi connectivity index (χ1n) is 11.8. The van der Waals surface area contributed by atoms with Gasteiger partial charge in [0.25, 0.3) is 11.6 Å². The first-order valence-corrected chi connectivity index (χ1v) is 11.8. The molecule has 0 radical (unpaired) electrons. The zero-order valence-corrected chi connectivity index (χ0v) is 20.3. The van der Waals surface area contributed by atoms with Crippen molar-refractivity contribution in [2.45, 2.75) is 32.2 Å². The maximum absolute atomic E-state index is 13.2. The second-order valence-electron chi connectivity index (χ2n) is 8.87. The minimum absolute atomic E-state index is 0.0417. The number of likely N-dealkylation sites (tertiary alicyclic amines) is 1. The topological polar surface area (TPSA) is 110 Å². The molecule has 1 fully saturated rings. The summed E-state index contributed by atoms with van der Waals surface area (Å²) in [6.45, 7) is 3.28. The number of carbonyl (C=O) groups excluding carboxylic acids is 2. The summed E-state index contributed by atoms with van der Waals surface area (Å²) >= 11 is 0. The van der Waals surface area contributed by atoms with Gasteiger partial charge in [-0.1, -0.05) is 12.1 Å².